The second-order valence-electron chi connectivity index (χ2n) is 2.45. The van der Waals surface area contributed by atoms with Crippen molar-refractivity contribution in [2.24, 2.45) is 5.73 Å². The summed E-state index contributed by atoms with van der Waals surface area (Å²) >= 11 is 0. The third-order valence-corrected chi connectivity index (χ3v) is 1.71. The Hall–Kier alpha value is -1.85. The Balaban J connectivity index is 2.60. The molecule has 0 aliphatic carbocycles. The lowest BCUT2D eigenvalue weighted by molar-refractivity contribution is 0.0957. The first kappa shape index (κ1) is 6.84. The number of amides is 2. The van der Waals surface area contributed by atoms with E-state index >= 15 is 0 Å². The molecule has 0 saturated carbocycles. The number of rotatable bonds is 0. The predicted molar refractivity (Wildman–Crippen MR) is 38.4 cm³/mol. The lowest BCUT2D eigenvalue weighted by Gasteiger charge is -1.96. The second-order valence-corrected chi connectivity index (χ2v) is 2.45. The molecule has 1 aliphatic rings. The Bertz CT molecular complexity index is 368. The normalized spacial score (nSPS) is 14.2. The van der Waals surface area contributed by atoms with Crippen LogP contribution in [-0.4, -0.2) is 21.7 Å². The van der Waals surface area contributed by atoms with E-state index in [2.05, 4.69) is 10.4 Å². The fourth-order valence-electron chi connectivity index (χ4n) is 1.18. The highest BCUT2D eigenvalue weighted by molar-refractivity contribution is 5.99. The van der Waals surface area contributed by atoms with Crippen LogP contribution in [0.2, 0.25) is 0 Å². The molecule has 6 nitrogen and oxygen atoms in total. The molecule has 2 heterocycles. The molecule has 1 aromatic heterocycles. The molecule has 6 heteroatoms. The highest BCUT2D eigenvalue weighted by atomic mass is 16.2. The van der Waals surface area contributed by atoms with Crippen molar-refractivity contribution in [2.75, 3.05) is 0 Å². The molecule has 0 radical (unpaired) electrons. The fraction of sp³-hybridized carbons (Fsp3) is 0.167. The molecule has 0 fully saturated rings. The number of primary amides is 1. The Kier molecular flexibility index (Phi) is 1.18. The largest absolute Gasteiger partial charge is 0.350 e. The molecule has 0 unspecified atom stereocenters. The van der Waals surface area contributed by atoms with Gasteiger partial charge in [0.25, 0.3) is 5.91 Å². The average molecular weight is 166 g/mol. The summed E-state index contributed by atoms with van der Waals surface area (Å²) in [6.07, 6.45) is 1.46. The first-order valence-electron chi connectivity index (χ1n) is 3.35. The van der Waals surface area contributed by atoms with Gasteiger partial charge < -0.3 is 11.1 Å². The quantitative estimate of drug-likeness (QED) is 0.520. The summed E-state index contributed by atoms with van der Waals surface area (Å²) in [6, 6.07) is -0.742. The monoisotopic (exact) mass is 166 g/mol. The van der Waals surface area contributed by atoms with Gasteiger partial charge in [-0.05, 0) is 0 Å². The van der Waals surface area contributed by atoms with Gasteiger partial charge in [0.1, 0.15) is 5.69 Å². The number of nitrogens with one attached hydrogen (secondary N) is 1. The number of hydrogen-bond acceptors (Lipinski definition) is 3. The zero-order valence-corrected chi connectivity index (χ0v) is 6.07. The van der Waals surface area contributed by atoms with Gasteiger partial charge in [0.2, 0.25) is 0 Å². The molecule has 62 valence electrons. The number of hydrogen-bond donors (Lipinski definition) is 2. The summed E-state index contributed by atoms with van der Waals surface area (Å²) in [4.78, 5) is 21.8. The van der Waals surface area contributed by atoms with E-state index in [4.69, 9.17) is 5.73 Å². The number of aromatic nitrogens is 2. The van der Waals surface area contributed by atoms with Gasteiger partial charge in [0.05, 0.1) is 6.20 Å². The van der Waals surface area contributed by atoms with Gasteiger partial charge >= 0.3 is 6.03 Å². The SMILES string of the molecule is NC(=O)n1ncc2c1C(=O)NC2. The van der Waals surface area contributed by atoms with E-state index in [-0.39, 0.29) is 11.6 Å². The topological polar surface area (TPSA) is 90.0 Å². The zero-order chi connectivity index (χ0) is 8.72. The number of nitrogens with two attached hydrogens (primary N) is 1. The van der Waals surface area contributed by atoms with E-state index in [9.17, 15) is 9.59 Å². The van der Waals surface area contributed by atoms with Crippen molar-refractivity contribution in [3.63, 3.8) is 0 Å². The number of carbonyl (C=O) groups is 2. The van der Waals surface area contributed by atoms with Gasteiger partial charge in [-0.3, -0.25) is 4.79 Å². The van der Waals surface area contributed by atoms with E-state index < -0.39 is 6.03 Å². The molecule has 2 amide bonds. The summed E-state index contributed by atoms with van der Waals surface area (Å²) in [5.74, 6) is -0.304. The smallest absolute Gasteiger partial charge is 0.340 e. The lowest BCUT2D eigenvalue weighted by Crippen LogP contribution is -2.26. The molecule has 12 heavy (non-hydrogen) atoms. The van der Waals surface area contributed by atoms with Crippen molar-refractivity contribution in [1.82, 2.24) is 15.1 Å². The molecule has 3 N–H and O–H groups in total. The molecular weight excluding hydrogens is 160 g/mol. The molecular formula is C6H6N4O2. The van der Waals surface area contributed by atoms with Gasteiger partial charge in [-0.15, -0.1) is 0 Å². The third-order valence-electron chi connectivity index (χ3n) is 1.71. The standard InChI is InChI=1S/C6H6N4O2/c7-6(12)10-4-3(2-9-10)1-8-5(4)11/h2H,1H2,(H2,7,12)(H,8,11). The van der Waals surface area contributed by atoms with Gasteiger partial charge in [-0.1, -0.05) is 0 Å². The first-order valence-corrected chi connectivity index (χ1v) is 3.35. The van der Waals surface area contributed by atoms with Crippen molar-refractivity contribution in [3.05, 3.63) is 17.5 Å². The molecule has 0 spiro atoms. The summed E-state index contributed by atoms with van der Waals surface area (Å²) < 4.78 is 0.900. The Labute approximate surface area is 67.3 Å². The van der Waals surface area contributed by atoms with Crippen LogP contribution in [-0.2, 0) is 6.54 Å². The molecule has 0 aromatic carbocycles. The minimum atomic E-state index is -0.742. The zero-order valence-electron chi connectivity index (χ0n) is 6.07. The lowest BCUT2D eigenvalue weighted by atomic mass is 10.3. The van der Waals surface area contributed by atoms with Gasteiger partial charge in [-0.2, -0.15) is 9.78 Å². The molecule has 0 saturated heterocycles. The third kappa shape index (κ3) is 0.714. The maximum absolute atomic E-state index is 11.1. The van der Waals surface area contributed by atoms with Crippen LogP contribution in [0.4, 0.5) is 4.79 Å². The summed E-state index contributed by atoms with van der Waals surface area (Å²) in [5, 5.41) is 6.22. The molecule has 2 rings (SSSR count). The maximum atomic E-state index is 11.1. The van der Waals surface area contributed by atoms with Gasteiger partial charge in [-0.25, -0.2) is 4.79 Å². The van der Waals surface area contributed by atoms with E-state index in [0.29, 0.717) is 12.1 Å². The van der Waals surface area contributed by atoms with Crippen LogP contribution in [0.25, 0.3) is 0 Å². The highest BCUT2D eigenvalue weighted by Crippen LogP contribution is 2.13. The Morgan fingerprint density at radius 1 is 1.75 bits per heavy atom. The Morgan fingerprint density at radius 2 is 2.50 bits per heavy atom. The van der Waals surface area contributed by atoms with E-state index in [1.165, 1.54) is 6.20 Å². The number of carbonyl (C=O) groups excluding carboxylic acids is 2. The molecule has 0 bridgehead atoms. The van der Waals surface area contributed by atoms with E-state index in [0.717, 1.165) is 4.68 Å². The first-order chi connectivity index (χ1) is 5.70. The molecule has 1 aromatic rings. The fourth-order valence-corrected chi connectivity index (χ4v) is 1.18. The number of nitrogens with zero attached hydrogens (tertiary/aromatic N) is 2. The minimum Gasteiger partial charge on any atom is -0.350 e. The van der Waals surface area contributed by atoms with Gasteiger partial charge in [0, 0.05) is 12.1 Å². The minimum absolute atomic E-state index is 0.252. The second kappa shape index (κ2) is 2.07. The molecule has 1 aliphatic heterocycles. The number of fused-ring (bicyclic) bond motifs is 1. The van der Waals surface area contributed by atoms with Crippen molar-refractivity contribution >= 4 is 11.9 Å². The van der Waals surface area contributed by atoms with Crippen LogP contribution in [0.15, 0.2) is 6.20 Å². The predicted octanol–water partition coefficient (Wildman–Crippen LogP) is -0.947. The average Bonchev–Trinajstić information content (AvgIpc) is 2.53. The van der Waals surface area contributed by atoms with Gasteiger partial charge in [0.15, 0.2) is 0 Å². The van der Waals surface area contributed by atoms with Crippen LogP contribution in [0.1, 0.15) is 16.1 Å². The Morgan fingerprint density at radius 3 is 3.17 bits per heavy atom. The maximum Gasteiger partial charge on any atom is 0.340 e. The van der Waals surface area contributed by atoms with Crippen LogP contribution in [0, 0.1) is 0 Å². The van der Waals surface area contributed by atoms with Crippen LogP contribution in [0.5, 0.6) is 0 Å². The van der Waals surface area contributed by atoms with Crippen molar-refractivity contribution in [1.29, 1.82) is 0 Å². The highest BCUT2D eigenvalue weighted by Gasteiger charge is 2.26. The summed E-state index contributed by atoms with van der Waals surface area (Å²) in [7, 11) is 0. The van der Waals surface area contributed by atoms with E-state index in [1.807, 2.05) is 0 Å². The van der Waals surface area contributed by atoms with Crippen molar-refractivity contribution in [3.8, 4) is 0 Å². The van der Waals surface area contributed by atoms with E-state index in [1.54, 1.807) is 0 Å². The van der Waals surface area contributed by atoms with Crippen molar-refractivity contribution in [2.45, 2.75) is 6.54 Å². The summed E-state index contributed by atoms with van der Waals surface area (Å²) in [5.41, 5.74) is 5.93. The molecule has 0 atom stereocenters. The summed E-state index contributed by atoms with van der Waals surface area (Å²) in [6.45, 7) is 0.418. The van der Waals surface area contributed by atoms with Crippen LogP contribution in [0.3, 0.4) is 0 Å². The van der Waals surface area contributed by atoms with Crippen LogP contribution < -0.4 is 11.1 Å². The van der Waals surface area contributed by atoms with Crippen LogP contribution >= 0.6 is 0 Å². The van der Waals surface area contributed by atoms with Crippen molar-refractivity contribution < 1.29 is 9.59 Å².